The third-order valence-electron chi connectivity index (χ3n) is 1.80. The molecule has 0 saturated heterocycles. The summed E-state index contributed by atoms with van der Waals surface area (Å²) in [4.78, 5) is 0. The molecule has 0 unspecified atom stereocenters. The van der Waals surface area contributed by atoms with E-state index < -0.39 is 0 Å². The average molecular weight is 230 g/mol. The molecule has 0 bridgehead atoms. The highest BCUT2D eigenvalue weighted by Crippen LogP contribution is 2.11. The van der Waals surface area contributed by atoms with Crippen LogP contribution in [-0.4, -0.2) is 0 Å². The van der Waals surface area contributed by atoms with Crippen LogP contribution in [0.25, 0.3) is 0 Å². The van der Waals surface area contributed by atoms with Gasteiger partial charge in [0.05, 0.1) is 0 Å². The number of hydrogen-bond donors (Lipinski definition) is 0. The summed E-state index contributed by atoms with van der Waals surface area (Å²) in [6.07, 6.45) is 16.9. The Bertz CT molecular complexity index is 309. The molecule has 0 N–H and O–H groups in total. The molecule has 0 aromatic carbocycles. The molecule has 0 fully saturated rings. The largest absolute Gasteiger partial charge is 0.0990 e. The number of hydrogen-bond acceptors (Lipinski definition) is 0. The van der Waals surface area contributed by atoms with Gasteiger partial charge in [-0.15, -0.1) is 0 Å². The van der Waals surface area contributed by atoms with Crippen LogP contribution >= 0.6 is 0 Å². The molecular weight excluding hydrogens is 204 g/mol. The van der Waals surface area contributed by atoms with Gasteiger partial charge in [-0.05, 0) is 24.5 Å². The lowest BCUT2D eigenvalue weighted by atomic mass is 10.1. The van der Waals surface area contributed by atoms with E-state index in [0.717, 1.165) is 17.6 Å². The Balaban J connectivity index is 0. The molecule has 0 aliphatic rings. The third kappa shape index (κ3) is 10.7. The topological polar surface area (TPSA) is 0 Å². The van der Waals surface area contributed by atoms with Gasteiger partial charge in [0.1, 0.15) is 0 Å². The Morgan fingerprint density at radius 2 is 1.76 bits per heavy atom. The van der Waals surface area contributed by atoms with Crippen LogP contribution in [0.15, 0.2) is 72.9 Å². The summed E-state index contributed by atoms with van der Waals surface area (Å²) in [5.41, 5.74) is 2.10. The second kappa shape index (κ2) is 14.4. The minimum absolute atomic E-state index is 0.998. The van der Waals surface area contributed by atoms with Gasteiger partial charge in [0, 0.05) is 0 Å². The summed E-state index contributed by atoms with van der Waals surface area (Å²) < 4.78 is 0. The van der Waals surface area contributed by atoms with Crippen LogP contribution in [-0.2, 0) is 0 Å². The van der Waals surface area contributed by atoms with Crippen LogP contribution in [0.5, 0.6) is 0 Å². The van der Waals surface area contributed by atoms with Crippen molar-refractivity contribution < 1.29 is 0 Å². The number of rotatable bonds is 6. The van der Waals surface area contributed by atoms with Crippen molar-refractivity contribution in [2.75, 3.05) is 0 Å². The van der Waals surface area contributed by atoms with Gasteiger partial charge in [0.2, 0.25) is 0 Å². The molecule has 0 aliphatic heterocycles. The Kier molecular flexibility index (Phi) is 15.1. The van der Waals surface area contributed by atoms with Crippen molar-refractivity contribution in [3.63, 3.8) is 0 Å². The molecule has 0 aliphatic carbocycles. The molecule has 0 radical (unpaired) electrons. The van der Waals surface area contributed by atoms with Gasteiger partial charge in [0.25, 0.3) is 0 Å². The predicted molar refractivity (Wildman–Crippen MR) is 82.2 cm³/mol. The molecule has 0 rings (SSSR count). The SMILES string of the molecule is C=C/C=C(\C=C/CC)C(=C)/C=C\C=C/C.CC. The van der Waals surface area contributed by atoms with Crippen LogP contribution in [0, 0.1) is 0 Å². The molecule has 0 heteroatoms. The van der Waals surface area contributed by atoms with E-state index in [1.165, 1.54) is 0 Å². The van der Waals surface area contributed by atoms with E-state index in [1.807, 2.05) is 51.2 Å². The van der Waals surface area contributed by atoms with E-state index in [4.69, 9.17) is 0 Å². The summed E-state index contributed by atoms with van der Waals surface area (Å²) in [7, 11) is 0. The molecule has 0 spiro atoms. The van der Waals surface area contributed by atoms with E-state index in [1.54, 1.807) is 6.08 Å². The van der Waals surface area contributed by atoms with Crippen molar-refractivity contribution in [2.45, 2.75) is 34.1 Å². The van der Waals surface area contributed by atoms with Crippen molar-refractivity contribution in [1.29, 1.82) is 0 Å². The molecule has 0 heterocycles. The lowest BCUT2D eigenvalue weighted by Gasteiger charge is -1.99. The highest BCUT2D eigenvalue weighted by atomic mass is 14.0. The van der Waals surface area contributed by atoms with E-state index in [9.17, 15) is 0 Å². The molecule has 0 amide bonds. The van der Waals surface area contributed by atoms with Crippen molar-refractivity contribution in [3.8, 4) is 0 Å². The fraction of sp³-hybridized carbons (Fsp3) is 0.294. The summed E-state index contributed by atoms with van der Waals surface area (Å²) in [5, 5.41) is 0. The maximum atomic E-state index is 4.01. The first-order chi connectivity index (χ1) is 8.26. The van der Waals surface area contributed by atoms with E-state index >= 15 is 0 Å². The average Bonchev–Trinajstić information content (AvgIpc) is 2.37. The second-order valence-corrected chi connectivity index (χ2v) is 3.08. The normalized spacial score (nSPS) is 11.9. The fourth-order valence-corrected chi connectivity index (χ4v) is 1.02. The summed E-state index contributed by atoms with van der Waals surface area (Å²) >= 11 is 0. The molecule has 0 atom stereocenters. The molecule has 94 valence electrons. The summed E-state index contributed by atoms with van der Waals surface area (Å²) in [6.45, 7) is 15.8. The van der Waals surface area contributed by atoms with E-state index in [2.05, 4.69) is 32.2 Å². The first-order valence-corrected chi connectivity index (χ1v) is 6.24. The highest BCUT2D eigenvalue weighted by molar-refractivity contribution is 5.46. The Hall–Kier alpha value is -1.56. The van der Waals surface area contributed by atoms with Gasteiger partial charge in [0.15, 0.2) is 0 Å². The Morgan fingerprint density at radius 3 is 2.24 bits per heavy atom. The zero-order valence-corrected chi connectivity index (χ0v) is 11.7. The van der Waals surface area contributed by atoms with Gasteiger partial charge in [-0.3, -0.25) is 0 Å². The molecule has 17 heavy (non-hydrogen) atoms. The third-order valence-corrected chi connectivity index (χ3v) is 1.80. The fourth-order valence-electron chi connectivity index (χ4n) is 1.02. The maximum absolute atomic E-state index is 4.01. The standard InChI is InChI=1S/C15H20.C2H6/c1-5-8-10-12-14(4)15(11-7-3)13-9-6-2;1-2/h5,7-13H,3-4,6H2,1-2H3;1-2H3/b8-5-,12-10-,13-9-,15-11+;. The van der Waals surface area contributed by atoms with Gasteiger partial charge < -0.3 is 0 Å². The summed E-state index contributed by atoms with van der Waals surface area (Å²) in [5.74, 6) is 0. The molecule has 0 aromatic rings. The summed E-state index contributed by atoms with van der Waals surface area (Å²) in [6, 6.07) is 0. The smallest absolute Gasteiger partial charge is 0.0193 e. The van der Waals surface area contributed by atoms with Crippen molar-refractivity contribution >= 4 is 0 Å². The van der Waals surface area contributed by atoms with Crippen LogP contribution in [0.2, 0.25) is 0 Å². The zero-order chi connectivity index (χ0) is 13.5. The van der Waals surface area contributed by atoms with Crippen molar-refractivity contribution in [2.24, 2.45) is 0 Å². The van der Waals surface area contributed by atoms with Crippen LogP contribution in [0.4, 0.5) is 0 Å². The first kappa shape index (κ1) is 17.8. The quantitative estimate of drug-likeness (QED) is 0.507. The van der Waals surface area contributed by atoms with Gasteiger partial charge in [-0.25, -0.2) is 0 Å². The van der Waals surface area contributed by atoms with Crippen molar-refractivity contribution in [1.82, 2.24) is 0 Å². The zero-order valence-electron chi connectivity index (χ0n) is 11.7. The minimum atomic E-state index is 0.998. The van der Waals surface area contributed by atoms with E-state index in [-0.39, 0.29) is 0 Å². The molecule has 0 nitrogen and oxygen atoms in total. The second-order valence-electron chi connectivity index (χ2n) is 3.08. The van der Waals surface area contributed by atoms with E-state index in [0.29, 0.717) is 0 Å². The van der Waals surface area contributed by atoms with Crippen LogP contribution in [0.3, 0.4) is 0 Å². The molecular formula is C17H26. The lowest BCUT2D eigenvalue weighted by Crippen LogP contribution is -1.80. The minimum Gasteiger partial charge on any atom is -0.0990 e. The van der Waals surface area contributed by atoms with Crippen LogP contribution in [0.1, 0.15) is 34.1 Å². The Labute approximate surface area is 107 Å². The maximum Gasteiger partial charge on any atom is -0.0193 e. The molecule has 0 saturated carbocycles. The van der Waals surface area contributed by atoms with Gasteiger partial charge in [-0.1, -0.05) is 82.5 Å². The lowest BCUT2D eigenvalue weighted by molar-refractivity contribution is 1.22. The predicted octanol–water partition coefficient (Wildman–Crippen LogP) is 5.78. The Morgan fingerprint density at radius 1 is 1.12 bits per heavy atom. The van der Waals surface area contributed by atoms with Gasteiger partial charge in [-0.2, -0.15) is 0 Å². The van der Waals surface area contributed by atoms with Crippen LogP contribution < -0.4 is 0 Å². The number of allylic oxidation sites excluding steroid dienone is 10. The van der Waals surface area contributed by atoms with Gasteiger partial charge >= 0.3 is 0 Å². The first-order valence-electron chi connectivity index (χ1n) is 6.24. The monoisotopic (exact) mass is 230 g/mol. The van der Waals surface area contributed by atoms with Crippen molar-refractivity contribution in [3.05, 3.63) is 72.9 Å². The molecule has 0 aromatic heterocycles. The highest BCUT2D eigenvalue weighted by Gasteiger charge is 1.92.